The fourth-order valence-electron chi connectivity index (χ4n) is 2.99. The average molecular weight is 355 g/mol. The molecule has 1 fully saturated rings. The van der Waals surface area contributed by atoms with E-state index in [1.54, 1.807) is 24.3 Å². The number of nitrogens with two attached hydrogens (primary N) is 1. The molecule has 0 saturated carbocycles. The van der Waals surface area contributed by atoms with Gasteiger partial charge in [0.1, 0.15) is 17.9 Å². The van der Waals surface area contributed by atoms with Gasteiger partial charge < -0.3 is 20.5 Å². The highest BCUT2D eigenvalue weighted by Crippen LogP contribution is 2.24. The van der Waals surface area contributed by atoms with Crippen LogP contribution < -0.4 is 15.4 Å². The second-order valence-corrected chi connectivity index (χ2v) is 6.77. The van der Waals surface area contributed by atoms with Crippen molar-refractivity contribution in [3.05, 3.63) is 41.9 Å². The van der Waals surface area contributed by atoms with Crippen LogP contribution >= 0.6 is 0 Å². The van der Waals surface area contributed by atoms with Crippen LogP contribution in [0.1, 0.15) is 37.9 Å². The van der Waals surface area contributed by atoms with E-state index in [9.17, 15) is 5.11 Å². The predicted molar refractivity (Wildman–Crippen MR) is 102 cm³/mol. The summed E-state index contributed by atoms with van der Waals surface area (Å²) in [4.78, 5) is 10.7. The molecule has 26 heavy (non-hydrogen) atoms. The number of piperidine rings is 1. The summed E-state index contributed by atoms with van der Waals surface area (Å²) in [5.74, 6) is 1.44. The molecule has 0 spiro atoms. The first-order chi connectivity index (χ1) is 12.4. The molecule has 3 rings (SSSR count). The third-order valence-electron chi connectivity index (χ3n) is 4.36. The van der Waals surface area contributed by atoms with Gasteiger partial charge in [-0.2, -0.15) is 0 Å². The van der Waals surface area contributed by atoms with Gasteiger partial charge in [-0.3, -0.25) is 5.41 Å². The van der Waals surface area contributed by atoms with Crippen LogP contribution in [-0.4, -0.2) is 46.1 Å². The fraction of sp³-hybridized carbons (Fsp3) is 0.421. The van der Waals surface area contributed by atoms with E-state index >= 15 is 0 Å². The Labute approximate surface area is 153 Å². The summed E-state index contributed by atoms with van der Waals surface area (Å²) >= 11 is 0. The third kappa shape index (κ3) is 4.11. The summed E-state index contributed by atoms with van der Waals surface area (Å²) in [6, 6.07) is 7.12. The smallest absolute Gasteiger partial charge is 0.132 e. The minimum atomic E-state index is -0.241. The average Bonchev–Trinajstić information content (AvgIpc) is 2.63. The molecule has 1 aliphatic heterocycles. The second kappa shape index (κ2) is 7.70. The number of ether oxygens (including phenoxy) is 1. The van der Waals surface area contributed by atoms with Crippen molar-refractivity contribution in [2.45, 2.75) is 38.9 Å². The van der Waals surface area contributed by atoms with Crippen LogP contribution in [0.4, 0.5) is 11.5 Å². The SMILES string of the molecule is CC(C)Oc1ccc(N)c(C(=N)c2cc(N3CCC(O)CC3)ncn2)c1. The Morgan fingerprint density at radius 3 is 2.69 bits per heavy atom. The zero-order valence-electron chi connectivity index (χ0n) is 15.1. The Morgan fingerprint density at radius 2 is 2.00 bits per heavy atom. The Bertz CT molecular complexity index is 785. The van der Waals surface area contributed by atoms with Crippen molar-refractivity contribution in [3.8, 4) is 5.75 Å². The number of nitrogens with one attached hydrogen (secondary N) is 1. The number of nitrogen functional groups attached to an aromatic ring is 1. The van der Waals surface area contributed by atoms with Crippen molar-refractivity contribution in [1.29, 1.82) is 5.41 Å². The number of rotatable bonds is 5. The van der Waals surface area contributed by atoms with E-state index in [0.29, 0.717) is 22.7 Å². The van der Waals surface area contributed by atoms with Gasteiger partial charge in [0.05, 0.1) is 23.6 Å². The highest BCUT2D eigenvalue weighted by molar-refractivity contribution is 6.13. The number of hydrogen-bond donors (Lipinski definition) is 3. The summed E-state index contributed by atoms with van der Waals surface area (Å²) in [5, 5.41) is 18.2. The molecule has 2 aromatic rings. The van der Waals surface area contributed by atoms with E-state index in [0.717, 1.165) is 31.7 Å². The van der Waals surface area contributed by atoms with E-state index in [1.165, 1.54) is 6.33 Å². The summed E-state index contributed by atoms with van der Waals surface area (Å²) in [7, 11) is 0. The van der Waals surface area contributed by atoms with Gasteiger partial charge >= 0.3 is 0 Å². The Kier molecular flexibility index (Phi) is 5.37. The normalized spacial score (nSPS) is 15.3. The predicted octanol–water partition coefficient (Wildman–Crippen LogP) is 2.22. The number of nitrogens with zero attached hydrogens (tertiary/aromatic N) is 3. The van der Waals surface area contributed by atoms with Gasteiger partial charge in [0, 0.05) is 30.4 Å². The molecule has 0 radical (unpaired) electrons. The monoisotopic (exact) mass is 355 g/mol. The molecule has 7 heteroatoms. The summed E-state index contributed by atoms with van der Waals surface area (Å²) in [6.07, 6.45) is 2.71. The van der Waals surface area contributed by atoms with Crippen molar-refractivity contribution >= 4 is 17.2 Å². The van der Waals surface area contributed by atoms with Gasteiger partial charge in [-0.05, 0) is 44.9 Å². The first-order valence-electron chi connectivity index (χ1n) is 8.84. The zero-order chi connectivity index (χ0) is 18.7. The molecule has 1 saturated heterocycles. The maximum Gasteiger partial charge on any atom is 0.132 e. The van der Waals surface area contributed by atoms with Crippen LogP contribution in [0.25, 0.3) is 0 Å². The van der Waals surface area contributed by atoms with Crippen molar-refractivity contribution < 1.29 is 9.84 Å². The van der Waals surface area contributed by atoms with Crippen LogP contribution in [0.15, 0.2) is 30.6 Å². The quantitative estimate of drug-likeness (QED) is 0.561. The molecule has 1 aromatic carbocycles. The zero-order valence-corrected chi connectivity index (χ0v) is 15.1. The summed E-state index contributed by atoms with van der Waals surface area (Å²) < 4.78 is 5.71. The molecular weight excluding hydrogens is 330 g/mol. The van der Waals surface area contributed by atoms with Gasteiger partial charge in [-0.1, -0.05) is 0 Å². The van der Waals surface area contributed by atoms with Crippen LogP contribution in [0, 0.1) is 5.41 Å². The fourth-order valence-corrected chi connectivity index (χ4v) is 2.99. The first-order valence-corrected chi connectivity index (χ1v) is 8.84. The van der Waals surface area contributed by atoms with Crippen LogP contribution in [0.2, 0.25) is 0 Å². The number of aliphatic hydroxyl groups is 1. The van der Waals surface area contributed by atoms with Crippen LogP contribution in [0.3, 0.4) is 0 Å². The third-order valence-corrected chi connectivity index (χ3v) is 4.36. The van der Waals surface area contributed by atoms with Gasteiger partial charge in [0.2, 0.25) is 0 Å². The Balaban J connectivity index is 1.85. The first kappa shape index (κ1) is 18.1. The summed E-state index contributed by atoms with van der Waals surface area (Å²) in [5.41, 5.74) is 7.91. The topological polar surface area (TPSA) is 108 Å². The van der Waals surface area contributed by atoms with E-state index in [4.69, 9.17) is 15.9 Å². The van der Waals surface area contributed by atoms with Gasteiger partial charge in [-0.15, -0.1) is 0 Å². The molecule has 138 valence electrons. The molecule has 7 nitrogen and oxygen atoms in total. The van der Waals surface area contributed by atoms with Gasteiger partial charge in [-0.25, -0.2) is 9.97 Å². The van der Waals surface area contributed by atoms with Crippen molar-refractivity contribution in [2.75, 3.05) is 23.7 Å². The second-order valence-electron chi connectivity index (χ2n) is 6.77. The number of benzene rings is 1. The van der Waals surface area contributed by atoms with E-state index < -0.39 is 0 Å². The highest BCUT2D eigenvalue weighted by atomic mass is 16.5. The molecule has 0 amide bonds. The number of anilines is 2. The van der Waals surface area contributed by atoms with Gasteiger partial charge in [0.25, 0.3) is 0 Å². The number of aliphatic hydroxyl groups excluding tert-OH is 1. The largest absolute Gasteiger partial charge is 0.491 e. The molecular formula is C19H25N5O2. The molecule has 2 heterocycles. The summed E-state index contributed by atoms with van der Waals surface area (Å²) in [6.45, 7) is 5.39. The van der Waals surface area contributed by atoms with Crippen molar-refractivity contribution in [3.63, 3.8) is 0 Å². The maximum atomic E-state index is 9.66. The lowest BCUT2D eigenvalue weighted by atomic mass is 10.0. The minimum absolute atomic E-state index is 0.0424. The van der Waals surface area contributed by atoms with Crippen LogP contribution in [-0.2, 0) is 0 Å². The van der Waals surface area contributed by atoms with E-state index in [2.05, 4.69) is 14.9 Å². The molecule has 4 N–H and O–H groups in total. The number of aromatic nitrogens is 2. The molecule has 0 atom stereocenters. The molecule has 0 unspecified atom stereocenters. The molecule has 0 bridgehead atoms. The Morgan fingerprint density at radius 1 is 1.27 bits per heavy atom. The van der Waals surface area contributed by atoms with Crippen molar-refractivity contribution in [1.82, 2.24) is 9.97 Å². The maximum absolute atomic E-state index is 9.66. The lowest BCUT2D eigenvalue weighted by Crippen LogP contribution is -2.36. The molecule has 1 aromatic heterocycles. The lowest BCUT2D eigenvalue weighted by Gasteiger charge is -2.30. The van der Waals surface area contributed by atoms with Crippen LogP contribution in [0.5, 0.6) is 5.75 Å². The van der Waals surface area contributed by atoms with Gasteiger partial charge in [0.15, 0.2) is 0 Å². The van der Waals surface area contributed by atoms with Crippen molar-refractivity contribution in [2.24, 2.45) is 0 Å². The Hall–Kier alpha value is -2.67. The number of hydrogen-bond acceptors (Lipinski definition) is 7. The minimum Gasteiger partial charge on any atom is -0.491 e. The van der Waals surface area contributed by atoms with E-state index in [-0.39, 0.29) is 17.9 Å². The standard InChI is InChI=1S/C19H25N5O2/c1-12(2)26-14-3-4-16(20)15(9-14)19(21)17-10-18(23-11-22-17)24-7-5-13(25)6-8-24/h3-4,9-13,21,25H,5-8,20H2,1-2H3. The molecule has 1 aliphatic rings. The van der Waals surface area contributed by atoms with E-state index in [1.807, 2.05) is 13.8 Å². The highest BCUT2D eigenvalue weighted by Gasteiger charge is 2.20. The molecule has 0 aliphatic carbocycles. The lowest BCUT2D eigenvalue weighted by molar-refractivity contribution is 0.145.